The Labute approximate surface area is 193 Å². The second-order valence-corrected chi connectivity index (χ2v) is 8.87. The van der Waals surface area contributed by atoms with Gasteiger partial charge in [-0.1, -0.05) is 0 Å². The third-order valence-electron chi connectivity index (χ3n) is 6.06. The van der Waals surface area contributed by atoms with Gasteiger partial charge in [0.15, 0.2) is 5.43 Å². The maximum absolute atomic E-state index is 14.0. The number of aromatic amines is 1. The van der Waals surface area contributed by atoms with Crippen LogP contribution in [0.2, 0.25) is 0 Å². The molecule has 6 nitrogen and oxygen atoms in total. The van der Waals surface area contributed by atoms with Gasteiger partial charge in [-0.15, -0.1) is 0 Å². The van der Waals surface area contributed by atoms with E-state index in [9.17, 15) is 31.5 Å². The van der Waals surface area contributed by atoms with Crippen molar-refractivity contribution in [2.45, 2.75) is 52.1 Å². The third-order valence-corrected chi connectivity index (χ3v) is 6.06. The Morgan fingerprint density at radius 3 is 2.38 bits per heavy atom. The summed E-state index contributed by atoms with van der Waals surface area (Å²) in [6.07, 6.45) is -5.65. The van der Waals surface area contributed by atoms with Gasteiger partial charge in [0.05, 0.1) is 5.69 Å². The summed E-state index contributed by atoms with van der Waals surface area (Å²) in [5.74, 6) is -3.76. The number of anilines is 1. The number of hydrogen-bond acceptors (Lipinski definition) is 4. The molecule has 1 aliphatic rings. The first-order valence-corrected chi connectivity index (χ1v) is 10.8. The molecule has 186 valence electrons. The molecule has 0 aromatic carbocycles. The fourth-order valence-electron chi connectivity index (χ4n) is 4.04. The van der Waals surface area contributed by atoms with Crippen molar-refractivity contribution in [2.75, 3.05) is 32.1 Å². The summed E-state index contributed by atoms with van der Waals surface area (Å²) in [5.41, 5.74) is -1.33. The van der Waals surface area contributed by atoms with Gasteiger partial charge in [-0.25, -0.2) is 13.8 Å². The van der Waals surface area contributed by atoms with Crippen molar-refractivity contribution in [1.82, 2.24) is 14.9 Å². The Balaban J connectivity index is 2.36. The highest BCUT2D eigenvalue weighted by Gasteiger charge is 2.38. The first-order valence-electron chi connectivity index (χ1n) is 10.8. The summed E-state index contributed by atoms with van der Waals surface area (Å²) in [5, 5.41) is 0. The van der Waals surface area contributed by atoms with Crippen LogP contribution in [0.15, 0.2) is 10.9 Å². The van der Waals surface area contributed by atoms with Crippen LogP contribution >= 0.6 is 0 Å². The minimum absolute atomic E-state index is 0.0159. The molecule has 1 amide bonds. The van der Waals surface area contributed by atoms with Crippen molar-refractivity contribution < 1.29 is 26.7 Å². The van der Waals surface area contributed by atoms with E-state index >= 15 is 0 Å². The lowest BCUT2D eigenvalue weighted by atomic mass is 9.99. The second-order valence-electron chi connectivity index (χ2n) is 8.87. The Bertz CT molecular complexity index is 1170. The average Bonchev–Trinajstić information content (AvgIpc) is 2.90. The Hall–Kier alpha value is -2.98. The molecular weight excluding hydrogens is 459 g/mol. The number of nitrogens with one attached hydrogen (secondary N) is 1. The first kappa shape index (κ1) is 25.6. The summed E-state index contributed by atoms with van der Waals surface area (Å²) >= 11 is 0. The van der Waals surface area contributed by atoms with Crippen LogP contribution in [0.5, 0.6) is 0 Å². The van der Waals surface area contributed by atoms with Crippen molar-refractivity contribution in [1.29, 1.82) is 0 Å². The third kappa shape index (κ3) is 4.92. The van der Waals surface area contributed by atoms with E-state index in [0.717, 1.165) is 0 Å². The standard InChI is InChI=1S/C23H27F5N4O2/c1-12-11-15(17-16(21(34)31(4)5)18(33)13(2)14(3)29-17)20(30-19(12)23(26,27)28)32-9-6-7-22(24,25)8-10-32/h11H,6-10H2,1-5H3,(H,29,33). The number of alkyl halides is 5. The molecule has 1 N–H and O–H groups in total. The van der Waals surface area contributed by atoms with Crippen LogP contribution in [-0.4, -0.2) is 53.9 Å². The first-order chi connectivity index (χ1) is 15.6. The lowest BCUT2D eigenvalue weighted by Gasteiger charge is -2.27. The lowest BCUT2D eigenvalue weighted by molar-refractivity contribution is -0.141. The average molecular weight is 486 g/mol. The van der Waals surface area contributed by atoms with Crippen LogP contribution in [-0.2, 0) is 6.18 Å². The van der Waals surface area contributed by atoms with Gasteiger partial charge in [-0.2, -0.15) is 13.2 Å². The van der Waals surface area contributed by atoms with E-state index in [-0.39, 0.29) is 54.1 Å². The zero-order valence-electron chi connectivity index (χ0n) is 19.7. The Kier molecular flexibility index (Phi) is 6.78. The molecule has 0 unspecified atom stereocenters. The Morgan fingerprint density at radius 1 is 1.15 bits per heavy atom. The topological polar surface area (TPSA) is 69.3 Å². The lowest BCUT2D eigenvalue weighted by Crippen LogP contribution is -2.32. The fourth-order valence-corrected chi connectivity index (χ4v) is 4.04. The van der Waals surface area contributed by atoms with Gasteiger partial charge >= 0.3 is 6.18 Å². The largest absolute Gasteiger partial charge is 0.433 e. The molecular formula is C23H27F5N4O2. The van der Waals surface area contributed by atoms with E-state index in [2.05, 4.69) is 9.97 Å². The summed E-state index contributed by atoms with van der Waals surface area (Å²) in [4.78, 5) is 35.5. The zero-order valence-corrected chi connectivity index (χ0v) is 19.7. The second kappa shape index (κ2) is 8.99. The highest BCUT2D eigenvalue weighted by Crippen LogP contribution is 2.39. The van der Waals surface area contributed by atoms with Crippen molar-refractivity contribution >= 4 is 11.7 Å². The van der Waals surface area contributed by atoms with Gasteiger partial charge in [0, 0.05) is 56.8 Å². The minimum atomic E-state index is -4.77. The van der Waals surface area contributed by atoms with Gasteiger partial charge in [-0.3, -0.25) is 9.59 Å². The summed E-state index contributed by atoms with van der Waals surface area (Å²) in [6.45, 7) is 4.22. The van der Waals surface area contributed by atoms with E-state index in [1.165, 1.54) is 36.9 Å². The summed E-state index contributed by atoms with van der Waals surface area (Å²) in [7, 11) is 2.91. The molecule has 0 bridgehead atoms. The minimum Gasteiger partial charge on any atom is -0.357 e. The van der Waals surface area contributed by atoms with Gasteiger partial charge < -0.3 is 14.8 Å². The number of aryl methyl sites for hydroxylation is 2. The highest BCUT2D eigenvalue weighted by atomic mass is 19.4. The van der Waals surface area contributed by atoms with E-state index in [1.54, 1.807) is 13.8 Å². The molecule has 0 spiro atoms. The van der Waals surface area contributed by atoms with Crippen LogP contribution < -0.4 is 10.3 Å². The molecule has 34 heavy (non-hydrogen) atoms. The normalized spacial score (nSPS) is 16.4. The summed E-state index contributed by atoms with van der Waals surface area (Å²) in [6, 6.07) is 1.21. The molecule has 0 atom stereocenters. The zero-order chi connectivity index (χ0) is 25.6. The molecule has 0 radical (unpaired) electrons. The number of nitrogens with zero attached hydrogens (tertiary/aromatic N) is 3. The van der Waals surface area contributed by atoms with Crippen LogP contribution in [0.25, 0.3) is 11.3 Å². The van der Waals surface area contributed by atoms with Crippen LogP contribution in [0.4, 0.5) is 27.8 Å². The number of carbonyl (C=O) groups excluding carboxylic acids is 1. The van der Waals surface area contributed by atoms with E-state index in [0.29, 0.717) is 11.3 Å². The van der Waals surface area contributed by atoms with Gasteiger partial charge in [0.2, 0.25) is 5.92 Å². The van der Waals surface area contributed by atoms with Crippen LogP contribution in [0.3, 0.4) is 0 Å². The molecule has 11 heteroatoms. The van der Waals surface area contributed by atoms with E-state index in [1.807, 2.05) is 0 Å². The highest BCUT2D eigenvalue weighted by molar-refractivity contribution is 6.01. The number of pyridine rings is 2. The van der Waals surface area contributed by atoms with Gasteiger partial charge in [0.1, 0.15) is 17.1 Å². The van der Waals surface area contributed by atoms with Crippen LogP contribution in [0, 0.1) is 20.8 Å². The molecule has 1 fully saturated rings. The number of rotatable bonds is 3. The van der Waals surface area contributed by atoms with Gasteiger partial charge in [0.25, 0.3) is 5.91 Å². The number of amides is 1. The van der Waals surface area contributed by atoms with E-state index in [4.69, 9.17) is 0 Å². The Morgan fingerprint density at radius 2 is 1.79 bits per heavy atom. The SMILES string of the molecule is Cc1cc(-c2[nH]c(C)c(C)c(=O)c2C(=O)N(C)C)c(N2CCCC(F)(F)CC2)nc1C(F)(F)F. The maximum atomic E-state index is 14.0. The van der Waals surface area contributed by atoms with Crippen LogP contribution in [0.1, 0.15) is 52.1 Å². The quantitative estimate of drug-likeness (QED) is 0.639. The summed E-state index contributed by atoms with van der Waals surface area (Å²) < 4.78 is 69.1. The molecule has 0 aliphatic carbocycles. The van der Waals surface area contributed by atoms with Crippen molar-refractivity contribution in [3.8, 4) is 11.3 Å². The predicted octanol–water partition coefficient (Wildman–Crippen LogP) is 4.71. The number of carbonyl (C=O) groups is 1. The number of hydrogen-bond donors (Lipinski definition) is 1. The smallest absolute Gasteiger partial charge is 0.357 e. The number of H-pyrrole nitrogens is 1. The molecule has 1 saturated heterocycles. The molecule has 2 aromatic heterocycles. The van der Waals surface area contributed by atoms with Crippen molar-refractivity contribution in [3.63, 3.8) is 0 Å². The molecule has 3 rings (SSSR count). The maximum Gasteiger partial charge on any atom is 0.433 e. The monoisotopic (exact) mass is 486 g/mol. The van der Waals surface area contributed by atoms with Gasteiger partial charge in [-0.05, 0) is 38.8 Å². The van der Waals surface area contributed by atoms with Crippen molar-refractivity contribution in [2.24, 2.45) is 0 Å². The predicted molar refractivity (Wildman–Crippen MR) is 119 cm³/mol. The number of halogens is 5. The van der Waals surface area contributed by atoms with Crippen molar-refractivity contribution in [3.05, 3.63) is 44.4 Å². The molecule has 1 aliphatic heterocycles. The van der Waals surface area contributed by atoms with E-state index < -0.39 is 35.5 Å². The molecule has 2 aromatic rings. The number of aromatic nitrogens is 2. The molecule has 0 saturated carbocycles. The molecule has 3 heterocycles. The fraction of sp³-hybridized carbons (Fsp3) is 0.522.